The Morgan fingerprint density at radius 3 is 2.48 bits per heavy atom. The van der Waals surface area contributed by atoms with Crippen LogP contribution in [0, 0.1) is 11.6 Å². The molecule has 2 amide bonds. The van der Waals surface area contributed by atoms with Gasteiger partial charge in [0.25, 0.3) is 11.8 Å². The van der Waals surface area contributed by atoms with E-state index in [9.17, 15) is 31.5 Å². The van der Waals surface area contributed by atoms with Gasteiger partial charge in [0.15, 0.2) is 24.1 Å². The van der Waals surface area contributed by atoms with Gasteiger partial charge in [-0.25, -0.2) is 13.8 Å². The molecule has 33 heavy (non-hydrogen) atoms. The molecule has 3 N–H and O–H groups in total. The minimum Gasteiger partial charge on any atom is -0.468 e. The predicted molar refractivity (Wildman–Crippen MR) is 105 cm³/mol. The maximum absolute atomic E-state index is 13.4. The van der Waals surface area contributed by atoms with Gasteiger partial charge in [0.1, 0.15) is 5.69 Å². The molecule has 0 bridgehead atoms. The summed E-state index contributed by atoms with van der Waals surface area (Å²) in [5, 5.41) is 10.6. The Morgan fingerprint density at radius 1 is 1.09 bits per heavy atom. The molecule has 1 aromatic carbocycles. The van der Waals surface area contributed by atoms with Crippen molar-refractivity contribution in [2.75, 3.05) is 11.9 Å². The number of hydrogen-bond donors (Lipinski definition) is 3. The number of pyridine rings is 1. The number of carbonyl (C=O) groups excluding carboxylic acids is 2. The lowest BCUT2D eigenvalue weighted by atomic mass is 10.2. The molecule has 0 fully saturated rings. The number of halogens is 6. The number of anilines is 1. The molecule has 14 heteroatoms. The molecule has 8 nitrogen and oxygen atoms in total. The maximum atomic E-state index is 13.4. The summed E-state index contributed by atoms with van der Waals surface area (Å²) in [6.45, 7) is -1.49. The van der Waals surface area contributed by atoms with E-state index >= 15 is 0 Å². The van der Waals surface area contributed by atoms with E-state index in [1.165, 1.54) is 24.4 Å². The van der Waals surface area contributed by atoms with E-state index in [1.807, 2.05) is 0 Å². The topological polar surface area (TPSA) is 109 Å². The van der Waals surface area contributed by atoms with Crippen LogP contribution < -0.4 is 15.4 Å². The molecule has 0 spiro atoms. The van der Waals surface area contributed by atoms with E-state index in [2.05, 4.69) is 30.6 Å². The van der Waals surface area contributed by atoms with Crippen molar-refractivity contribution in [1.29, 1.82) is 0 Å². The van der Waals surface area contributed by atoms with E-state index in [-0.39, 0.29) is 34.5 Å². The molecule has 174 valence electrons. The zero-order valence-corrected chi connectivity index (χ0v) is 17.0. The average molecular weight is 490 g/mol. The highest BCUT2D eigenvalue weighted by Crippen LogP contribution is 2.21. The van der Waals surface area contributed by atoms with Gasteiger partial charge < -0.3 is 15.4 Å². The SMILES string of the molecule is O=C(NCc1ccc(OCC(F)(F)F)nc1)c1cc(NC(=O)c2cc(F)c(F)cc2Cl)n[nH]1. The summed E-state index contributed by atoms with van der Waals surface area (Å²) in [6.07, 6.45) is -3.26. The van der Waals surface area contributed by atoms with Crippen molar-refractivity contribution in [3.05, 3.63) is 70.0 Å². The van der Waals surface area contributed by atoms with Gasteiger partial charge in [-0.2, -0.15) is 18.3 Å². The van der Waals surface area contributed by atoms with E-state index < -0.39 is 36.2 Å². The monoisotopic (exact) mass is 489 g/mol. The highest BCUT2D eigenvalue weighted by Gasteiger charge is 2.28. The van der Waals surface area contributed by atoms with Gasteiger partial charge >= 0.3 is 6.18 Å². The smallest absolute Gasteiger partial charge is 0.422 e. The second kappa shape index (κ2) is 9.81. The van der Waals surface area contributed by atoms with Gasteiger partial charge in [0.05, 0.1) is 10.6 Å². The summed E-state index contributed by atoms with van der Waals surface area (Å²) >= 11 is 5.74. The number of aromatic nitrogens is 3. The molecule has 0 saturated carbocycles. The molecule has 2 aromatic heterocycles. The van der Waals surface area contributed by atoms with Crippen molar-refractivity contribution < 1.29 is 36.3 Å². The Labute approximate surface area is 187 Å². The standard InChI is InChI=1S/C19H13ClF5N5O3/c20-11-4-13(22)12(21)3-10(11)17(31)28-15-5-14(29-30-15)18(32)27-7-9-1-2-16(26-6-9)33-8-19(23,24)25/h1-6H,7-8H2,(H,27,32)(H2,28,29,30,31). The highest BCUT2D eigenvalue weighted by atomic mass is 35.5. The molecular formula is C19H13ClF5N5O3. The summed E-state index contributed by atoms with van der Waals surface area (Å²) in [6, 6.07) is 5.11. The molecule has 0 aliphatic carbocycles. The normalized spacial score (nSPS) is 11.2. The number of ether oxygens (including phenoxy) is 1. The minimum absolute atomic E-state index is 0.0173. The fourth-order valence-corrected chi connectivity index (χ4v) is 2.65. The predicted octanol–water partition coefficient (Wildman–Crippen LogP) is 3.86. The third kappa shape index (κ3) is 6.62. The molecule has 3 aromatic rings. The second-order valence-electron chi connectivity index (χ2n) is 6.46. The number of H-pyrrole nitrogens is 1. The lowest BCUT2D eigenvalue weighted by Gasteiger charge is -2.09. The molecule has 0 aliphatic heterocycles. The number of alkyl halides is 3. The Balaban J connectivity index is 1.55. The summed E-state index contributed by atoms with van der Waals surface area (Å²) in [7, 11) is 0. The first-order chi connectivity index (χ1) is 15.5. The van der Waals surface area contributed by atoms with Crippen LogP contribution >= 0.6 is 11.6 Å². The van der Waals surface area contributed by atoms with Crippen LogP contribution in [0.15, 0.2) is 36.5 Å². The fraction of sp³-hybridized carbons (Fsp3) is 0.158. The number of aromatic amines is 1. The van der Waals surface area contributed by atoms with Crippen LogP contribution in [-0.4, -0.2) is 39.8 Å². The van der Waals surface area contributed by atoms with Crippen LogP contribution in [0.5, 0.6) is 5.88 Å². The highest BCUT2D eigenvalue weighted by molar-refractivity contribution is 6.34. The van der Waals surface area contributed by atoms with Crippen molar-refractivity contribution >= 4 is 29.2 Å². The van der Waals surface area contributed by atoms with Crippen LogP contribution in [-0.2, 0) is 6.54 Å². The van der Waals surface area contributed by atoms with Crippen molar-refractivity contribution in [3.8, 4) is 5.88 Å². The molecule has 0 aliphatic rings. The molecule has 0 atom stereocenters. The number of nitrogens with one attached hydrogen (secondary N) is 3. The number of nitrogens with zero attached hydrogens (tertiary/aromatic N) is 2. The van der Waals surface area contributed by atoms with Crippen LogP contribution in [0.25, 0.3) is 0 Å². The van der Waals surface area contributed by atoms with Crippen LogP contribution in [0.1, 0.15) is 26.4 Å². The number of rotatable bonds is 7. The van der Waals surface area contributed by atoms with Crippen molar-refractivity contribution in [2.24, 2.45) is 0 Å². The lowest BCUT2D eigenvalue weighted by Crippen LogP contribution is -2.23. The molecule has 0 saturated heterocycles. The Hall–Kier alpha value is -3.74. The van der Waals surface area contributed by atoms with E-state index in [1.54, 1.807) is 0 Å². The summed E-state index contributed by atoms with van der Waals surface area (Å²) < 4.78 is 67.4. The van der Waals surface area contributed by atoms with E-state index in [0.29, 0.717) is 17.7 Å². The minimum atomic E-state index is -4.49. The van der Waals surface area contributed by atoms with Crippen LogP contribution in [0.4, 0.5) is 27.8 Å². The summed E-state index contributed by atoms with van der Waals surface area (Å²) in [4.78, 5) is 28.1. The first-order valence-corrected chi connectivity index (χ1v) is 9.33. The Bertz CT molecular complexity index is 1170. The van der Waals surface area contributed by atoms with Gasteiger partial charge in [-0.3, -0.25) is 14.7 Å². The fourth-order valence-electron chi connectivity index (χ4n) is 2.42. The zero-order valence-electron chi connectivity index (χ0n) is 16.3. The number of carbonyl (C=O) groups is 2. The van der Waals surface area contributed by atoms with Gasteiger partial charge in [0.2, 0.25) is 5.88 Å². The van der Waals surface area contributed by atoms with Crippen molar-refractivity contribution in [1.82, 2.24) is 20.5 Å². The summed E-state index contributed by atoms with van der Waals surface area (Å²) in [5.74, 6) is -4.28. The quantitative estimate of drug-likeness (QED) is 0.345. The van der Waals surface area contributed by atoms with Gasteiger partial charge in [0, 0.05) is 24.9 Å². The average Bonchev–Trinajstić information content (AvgIpc) is 3.21. The third-order valence-electron chi connectivity index (χ3n) is 3.95. The van der Waals surface area contributed by atoms with Crippen molar-refractivity contribution in [3.63, 3.8) is 0 Å². The number of amides is 2. The van der Waals surface area contributed by atoms with Crippen molar-refractivity contribution in [2.45, 2.75) is 12.7 Å². The second-order valence-corrected chi connectivity index (χ2v) is 6.87. The van der Waals surface area contributed by atoms with E-state index in [4.69, 9.17) is 11.6 Å². The van der Waals surface area contributed by atoms with Gasteiger partial charge in [-0.15, -0.1) is 0 Å². The van der Waals surface area contributed by atoms with Gasteiger partial charge in [-0.05, 0) is 17.7 Å². The third-order valence-corrected chi connectivity index (χ3v) is 4.27. The molecule has 3 rings (SSSR count). The van der Waals surface area contributed by atoms with E-state index in [0.717, 1.165) is 0 Å². The summed E-state index contributed by atoms with van der Waals surface area (Å²) in [5.41, 5.74) is 0.100. The van der Waals surface area contributed by atoms with Crippen LogP contribution in [0.3, 0.4) is 0 Å². The molecule has 0 unspecified atom stereocenters. The Morgan fingerprint density at radius 2 is 1.82 bits per heavy atom. The van der Waals surface area contributed by atoms with Gasteiger partial charge in [-0.1, -0.05) is 17.7 Å². The first kappa shape index (κ1) is 23.9. The maximum Gasteiger partial charge on any atom is 0.422 e. The molecular weight excluding hydrogens is 477 g/mol. The molecule has 0 radical (unpaired) electrons. The number of hydrogen-bond acceptors (Lipinski definition) is 5. The van der Waals surface area contributed by atoms with Crippen LogP contribution in [0.2, 0.25) is 5.02 Å². The first-order valence-electron chi connectivity index (χ1n) is 8.96. The zero-order chi connectivity index (χ0) is 24.2. The lowest BCUT2D eigenvalue weighted by molar-refractivity contribution is -0.154. The molecule has 2 heterocycles. The largest absolute Gasteiger partial charge is 0.468 e. The number of benzene rings is 1. The Kier molecular flexibility index (Phi) is 7.11.